The van der Waals surface area contributed by atoms with Crippen LogP contribution in [-0.4, -0.2) is 60.5 Å². The van der Waals surface area contributed by atoms with Crippen molar-refractivity contribution in [3.05, 3.63) is 0 Å². The van der Waals surface area contributed by atoms with Crippen LogP contribution in [0.3, 0.4) is 0 Å². The van der Waals surface area contributed by atoms with Crippen LogP contribution >= 0.6 is 0 Å². The molecule has 0 aromatic heterocycles. The standard InChI is InChI=1S/C18H34N4O4/c1-10(2)5-13-6-14(9-20-8-13)17(25)22-16(12(4)24)18(26)21-15(7-19)11(3)23/h10,12-16,20,24H,5-9,19H2,1-4H3,(H,21,26)(H,22,25)/t12-,13-,14-,15-,16-/m0/s1. The number of hydrogen-bond acceptors (Lipinski definition) is 6. The molecule has 0 unspecified atom stereocenters. The molecule has 0 aliphatic carbocycles. The van der Waals surface area contributed by atoms with Gasteiger partial charge in [-0.2, -0.15) is 0 Å². The lowest BCUT2D eigenvalue weighted by atomic mass is 9.84. The van der Waals surface area contributed by atoms with E-state index in [1.165, 1.54) is 13.8 Å². The van der Waals surface area contributed by atoms with Gasteiger partial charge in [-0.3, -0.25) is 14.4 Å². The van der Waals surface area contributed by atoms with Gasteiger partial charge in [0.1, 0.15) is 6.04 Å². The van der Waals surface area contributed by atoms with E-state index in [1.54, 1.807) is 0 Å². The van der Waals surface area contributed by atoms with Crippen molar-refractivity contribution in [1.29, 1.82) is 0 Å². The van der Waals surface area contributed by atoms with Gasteiger partial charge in [0.05, 0.1) is 18.1 Å². The van der Waals surface area contributed by atoms with Gasteiger partial charge in [-0.1, -0.05) is 13.8 Å². The second-order valence-electron chi connectivity index (χ2n) is 7.72. The molecular formula is C18H34N4O4. The number of aliphatic hydroxyl groups is 1. The minimum Gasteiger partial charge on any atom is -0.391 e. The van der Waals surface area contributed by atoms with Crippen molar-refractivity contribution in [2.24, 2.45) is 23.5 Å². The van der Waals surface area contributed by atoms with E-state index < -0.39 is 24.1 Å². The number of nitrogens with one attached hydrogen (secondary N) is 3. The van der Waals surface area contributed by atoms with Crippen LogP contribution < -0.4 is 21.7 Å². The number of hydrogen-bond donors (Lipinski definition) is 5. The summed E-state index contributed by atoms with van der Waals surface area (Å²) < 4.78 is 0. The molecule has 1 saturated heterocycles. The third kappa shape index (κ3) is 7.01. The van der Waals surface area contributed by atoms with Crippen molar-refractivity contribution in [3.63, 3.8) is 0 Å². The molecule has 0 aromatic rings. The first kappa shape index (κ1) is 22.5. The van der Waals surface area contributed by atoms with Gasteiger partial charge >= 0.3 is 0 Å². The van der Waals surface area contributed by atoms with Crippen molar-refractivity contribution < 1.29 is 19.5 Å². The minimum atomic E-state index is -1.12. The smallest absolute Gasteiger partial charge is 0.245 e. The Morgan fingerprint density at radius 3 is 2.35 bits per heavy atom. The van der Waals surface area contributed by atoms with E-state index in [-0.39, 0.29) is 24.2 Å². The average molecular weight is 370 g/mol. The van der Waals surface area contributed by atoms with E-state index >= 15 is 0 Å². The first-order valence-electron chi connectivity index (χ1n) is 9.35. The maximum atomic E-state index is 12.6. The van der Waals surface area contributed by atoms with Gasteiger partial charge in [0.25, 0.3) is 0 Å². The van der Waals surface area contributed by atoms with E-state index in [0.717, 1.165) is 19.4 Å². The number of ketones is 1. The number of rotatable bonds is 9. The number of nitrogens with two attached hydrogens (primary N) is 1. The Kier molecular flexibility index (Phi) is 9.18. The van der Waals surface area contributed by atoms with Gasteiger partial charge in [-0.25, -0.2) is 0 Å². The van der Waals surface area contributed by atoms with Crippen LogP contribution in [-0.2, 0) is 14.4 Å². The summed E-state index contributed by atoms with van der Waals surface area (Å²) in [4.78, 5) is 36.4. The van der Waals surface area contributed by atoms with Crippen LogP contribution in [0, 0.1) is 17.8 Å². The molecule has 150 valence electrons. The monoisotopic (exact) mass is 370 g/mol. The predicted octanol–water partition coefficient (Wildman–Crippen LogP) is -0.844. The van der Waals surface area contributed by atoms with Crippen molar-refractivity contribution in [2.75, 3.05) is 19.6 Å². The zero-order chi connectivity index (χ0) is 19.9. The highest BCUT2D eigenvalue weighted by atomic mass is 16.3. The topological polar surface area (TPSA) is 134 Å². The minimum absolute atomic E-state index is 0.0367. The molecule has 1 heterocycles. The summed E-state index contributed by atoms with van der Waals surface area (Å²) >= 11 is 0. The molecule has 1 aliphatic rings. The molecule has 1 fully saturated rings. The van der Waals surface area contributed by atoms with Crippen molar-refractivity contribution in [3.8, 4) is 0 Å². The van der Waals surface area contributed by atoms with Crippen LogP contribution in [0.2, 0.25) is 0 Å². The molecule has 5 atom stereocenters. The molecule has 1 aliphatic heterocycles. The molecular weight excluding hydrogens is 336 g/mol. The summed E-state index contributed by atoms with van der Waals surface area (Å²) in [6.07, 6.45) is 0.699. The van der Waals surface area contributed by atoms with E-state index in [0.29, 0.717) is 18.4 Å². The van der Waals surface area contributed by atoms with Gasteiger partial charge in [0.2, 0.25) is 11.8 Å². The summed E-state index contributed by atoms with van der Waals surface area (Å²) in [6.45, 7) is 8.46. The highest BCUT2D eigenvalue weighted by molar-refractivity contribution is 5.92. The molecule has 1 rings (SSSR count). The number of Topliss-reactive ketones (excluding diaryl/α,β-unsaturated/α-hetero) is 1. The van der Waals surface area contributed by atoms with Crippen molar-refractivity contribution in [1.82, 2.24) is 16.0 Å². The predicted molar refractivity (Wildman–Crippen MR) is 99.2 cm³/mol. The fourth-order valence-electron chi connectivity index (χ4n) is 3.34. The molecule has 2 amide bonds. The number of aliphatic hydroxyl groups excluding tert-OH is 1. The third-order valence-corrected chi connectivity index (χ3v) is 4.72. The lowest BCUT2D eigenvalue weighted by Crippen LogP contribution is -2.58. The number of piperidine rings is 1. The molecule has 0 saturated carbocycles. The Bertz CT molecular complexity index is 496. The largest absolute Gasteiger partial charge is 0.391 e. The second kappa shape index (κ2) is 10.6. The van der Waals surface area contributed by atoms with Gasteiger partial charge in [-0.15, -0.1) is 0 Å². The first-order valence-corrected chi connectivity index (χ1v) is 9.35. The van der Waals surface area contributed by atoms with Crippen LogP contribution in [0.1, 0.15) is 40.5 Å². The molecule has 0 radical (unpaired) electrons. The van der Waals surface area contributed by atoms with Crippen LogP contribution in [0.25, 0.3) is 0 Å². The molecule has 0 aromatic carbocycles. The van der Waals surface area contributed by atoms with Crippen LogP contribution in [0.4, 0.5) is 0 Å². The SMILES string of the molecule is CC(=O)[C@H](CN)NC(=O)[C@@H](NC(=O)[C@@H]1CNC[C@@H](CC(C)C)C1)[C@H](C)O. The van der Waals surface area contributed by atoms with E-state index in [9.17, 15) is 19.5 Å². The van der Waals surface area contributed by atoms with Crippen molar-refractivity contribution in [2.45, 2.75) is 58.7 Å². The molecule has 26 heavy (non-hydrogen) atoms. The number of carbonyl (C=O) groups excluding carboxylic acids is 3. The molecule has 8 nitrogen and oxygen atoms in total. The lowest BCUT2D eigenvalue weighted by Gasteiger charge is -2.32. The van der Waals surface area contributed by atoms with E-state index in [2.05, 4.69) is 29.8 Å². The first-order chi connectivity index (χ1) is 12.1. The Labute approximate surface area is 155 Å². The normalized spacial score (nSPS) is 23.8. The fraction of sp³-hybridized carbons (Fsp3) is 0.833. The summed E-state index contributed by atoms with van der Waals surface area (Å²) in [5, 5.41) is 18.3. The Morgan fingerprint density at radius 2 is 1.85 bits per heavy atom. The fourth-order valence-corrected chi connectivity index (χ4v) is 3.34. The average Bonchev–Trinajstić information content (AvgIpc) is 2.56. The van der Waals surface area contributed by atoms with Gasteiger partial charge < -0.3 is 26.8 Å². The molecule has 8 heteroatoms. The van der Waals surface area contributed by atoms with E-state index in [4.69, 9.17) is 5.73 Å². The zero-order valence-corrected chi connectivity index (χ0v) is 16.2. The maximum Gasteiger partial charge on any atom is 0.245 e. The molecule has 0 spiro atoms. The molecule has 6 N–H and O–H groups in total. The maximum absolute atomic E-state index is 12.6. The lowest BCUT2D eigenvalue weighted by molar-refractivity contribution is -0.135. The highest BCUT2D eigenvalue weighted by Crippen LogP contribution is 2.23. The zero-order valence-electron chi connectivity index (χ0n) is 16.2. The van der Waals surface area contributed by atoms with Gasteiger partial charge in [0.15, 0.2) is 5.78 Å². The number of carbonyl (C=O) groups is 3. The van der Waals surface area contributed by atoms with Crippen LogP contribution in [0.15, 0.2) is 0 Å². The van der Waals surface area contributed by atoms with Crippen LogP contribution in [0.5, 0.6) is 0 Å². The summed E-state index contributed by atoms with van der Waals surface area (Å²) in [6, 6.07) is -1.95. The number of amides is 2. The van der Waals surface area contributed by atoms with Gasteiger partial charge in [-0.05, 0) is 45.1 Å². The summed E-state index contributed by atoms with van der Waals surface area (Å²) in [7, 11) is 0. The second-order valence-corrected chi connectivity index (χ2v) is 7.72. The van der Waals surface area contributed by atoms with Crippen molar-refractivity contribution >= 4 is 17.6 Å². The quantitative estimate of drug-likeness (QED) is 0.359. The summed E-state index contributed by atoms with van der Waals surface area (Å²) in [5.41, 5.74) is 5.48. The highest BCUT2D eigenvalue weighted by Gasteiger charge is 2.33. The molecule has 0 bridgehead atoms. The summed E-state index contributed by atoms with van der Waals surface area (Å²) in [5.74, 6) is -0.429. The third-order valence-electron chi connectivity index (χ3n) is 4.72. The Morgan fingerprint density at radius 1 is 1.19 bits per heavy atom. The Balaban J connectivity index is 2.69. The Hall–Kier alpha value is -1.51. The van der Waals surface area contributed by atoms with Gasteiger partial charge in [0, 0.05) is 13.1 Å². The van der Waals surface area contributed by atoms with E-state index in [1.807, 2.05) is 0 Å².